The summed E-state index contributed by atoms with van der Waals surface area (Å²) in [6.45, 7) is 12.6. The van der Waals surface area contributed by atoms with Crippen LogP contribution in [0.1, 0.15) is 103 Å². The number of H-pyrrole nitrogens is 1. The van der Waals surface area contributed by atoms with Gasteiger partial charge in [-0.05, 0) is 131 Å². The fourth-order valence-corrected chi connectivity index (χ4v) is 11.1. The Morgan fingerprint density at radius 2 is 1.58 bits per heavy atom. The zero-order chi connectivity index (χ0) is 46.3. The summed E-state index contributed by atoms with van der Waals surface area (Å²) in [6.07, 6.45) is 6.09. The second-order valence-corrected chi connectivity index (χ2v) is 19.3. The number of carbonyl (C=O) groups is 1. The molecule has 2 aliphatic heterocycles. The van der Waals surface area contributed by atoms with E-state index in [0.717, 1.165) is 29.3 Å². The summed E-state index contributed by atoms with van der Waals surface area (Å²) in [7, 11) is 3.40. The highest BCUT2D eigenvalue weighted by atomic mass is 19.1. The zero-order valence-electron chi connectivity index (χ0n) is 38.2. The third kappa shape index (κ3) is 6.11. The van der Waals surface area contributed by atoms with Gasteiger partial charge in [-0.1, -0.05) is 18.1 Å². The van der Waals surface area contributed by atoms with Gasteiger partial charge in [-0.2, -0.15) is 5.10 Å². The first kappa shape index (κ1) is 41.7. The van der Waals surface area contributed by atoms with E-state index >= 15 is 9.18 Å². The quantitative estimate of drug-likeness (QED) is 0.187. The Morgan fingerprint density at radius 3 is 2.27 bits per heavy atom. The van der Waals surface area contributed by atoms with E-state index in [0.29, 0.717) is 82.6 Å². The fraction of sp³-hybridized carbons (Fsp3) is 0.388. The number of halogens is 1. The maximum Gasteiger partial charge on any atom is 0.438 e. The molecule has 3 aliphatic rings. The lowest BCUT2D eigenvalue weighted by atomic mass is 9.83. The Morgan fingerprint density at radius 1 is 0.864 bits per heavy atom. The van der Waals surface area contributed by atoms with E-state index in [-0.39, 0.29) is 34.9 Å². The normalized spacial score (nSPS) is 21.5. The minimum absolute atomic E-state index is 0.0117. The molecule has 17 heteroatoms. The zero-order valence-corrected chi connectivity index (χ0v) is 38.2. The van der Waals surface area contributed by atoms with E-state index < -0.39 is 23.0 Å². The number of nitrogens with one attached hydrogen (secondary N) is 1. The Hall–Kier alpha value is -7.01. The predicted molar refractivity (Wildman–Crippen MR) is 245 cm³/mol. The van der Waals surface area contributed by atoms with Crippen LogP contribution in [-0.4, -0.2) is 72.3 Å². The van der Waals surface area contributed by atoms with Crippen molar-refractivity contribution >= 4 is 27.8 Å². The van der Waals surface area contributed by atoms with Gasteiger partial charge in [-0.15, -0.1) is 0 Å². The van der Waals surface area contributed by atoms with Crippen LogP contribution in [0.4, 0.5) is 4.39 Å². The summed E-state index contributed by atoms with van der Waals surface area (Å²) in [5, 5.41) is 10.2. The number of nitrogens with zero attached hydrogens (tertiary/aromatic N) is 9. The molecule has 3 aromatic carbocycles. The third-order valence-electron chi connectivity index (χ3n) is 14.6. The lowest BCUT2D eigenvalue weighted by molar-refractivity contribution is -0.0592. The molecule has 5 aromatic heterocycles. The van der Waals surface area contributed by atoms with Crippen molar-refractivity contribution in [1.29, 1.82) is 0 Å². The monoisotopic (exact) mass is 894 g/mol. The Labute approximate surface area is 377 Å². The number of amides is 1. The first-order valence-electron chi connectivity index (χ1n) is 22.5. The van der Waals surface area contributed by atoms with Gasteiger partial charge in [-0.3, -0.25) is 32.6 Å². The van der Waals surface area contributed by atoms with E-state index in [1.54, 1.807) is 78.4 Å². The number of rotatable bonds is 7. The number of hydrogen-bond acceptors (Lipinski definition) is 8. The van der Waals surface area contributed by atoms with Crippen molar-refractivity contribution in [1.82, 2.24) is 47.7 Å². The molecule has 8 aromatic rings. The van der Waals surface area contributed by atoms with Gasteiger partial charge in [0.1, 0.15) is 22.9 Å². The number of aryl methyl sites for hydroxylation is 4. The summed E-state index contributed by atoms with van der Waals surface area (Å²) >= 11 is 0. The van der Waals surface area contributed by atoms with Crippen molar-refractivity contribution in [3.05, 3.63) is 144 Å². The fourth-order valence-electron chi connectivity index (χ4n) is 11.1. The van der Waals surface area contributed by atoms with Crippen molar-refractivity contribution < 1.29 is 18.4 Å². The SMILES string of the molecule is Cc1cc(-n2nc3c(c2-n2ccn(-c4ccc5c(c4)n(C)c(=O)n5C)c2=O)[C@H](C)N(C(=O)c2cc4cc(C5CCOC(C)(C)C5)ccc4n2[C@@]2(c4noc(=O)[nH]4)C[C@@H]2C)CC3)cc(C)c1F. The van der Waals surface area contributed by atoms with Crippen molar-refractivity contribution in [2.75, 3.05) is 13.2 Å². The van der Waals surface area contributed by atoms with Crippen LogP contribution in [0.5, 0.6) is 0 Å². The van der Waals surface area contributed by atoms with Gasteiger partial charge in [0.05, 0.1) is 39.7 Å². The molecular formula is C49H51FN10O6. The van der Waals surface area contributed by atoms with Crippen LogP contribution in [0.3, 0.4) is 0 Å². The lowest BCUT2D eigenvalue weighted by Gasteiger charge is -2.35. The highest BCUT2D eigenvalue weighted by molar-refractivity contribution is 6.00. The molecule has 0 bridgehead atoms. The molecule has 4 atom stereocenters. The third-order valence-corrected chi connectivity index (χ3v) is 14.6. The molecule has 16 nitrogen and oxygen atoms in total. The van der Waals surface area contributed by atoms with Gasteiger partial charge in [-0.25, -0.2) is 23.5 Å². The molecule has 1 aliphatic carbocycles. The van der Waals surface area contributed by atoms with E-state index in [1.165, 1.54) is 14.7 Å². The van der Waals surface area contributed by atoms with E-state index in [2.05, 4.69) is 49.1 Å². The van der Waals surface area contributed by atoms with Gasteiger partial charge in [0.25, 0.3) is 5.91 Å². The van der Waals surface area contributed by atoms with Crippen LogP contribution in [0.25, 0.3) is 39.1 Å². The number of carbonyl (C=O) groups excluding carboxylic acids is 1. The molecule has 1 amide bonds. The number of fused-ring (bicyclic) bond motifs is 3. The molecule has 0 spiro atoms. The molecular weight excluding hydrogens is 844 g/mol. The maximum atomic E-state index is 15.6. The topological polar surface area (TPSA) is 165 Å². The van der Waals surface area contributed by atoms with Crippen molar-refractivity contribution in [2.24, 2.45) is 20.0 Å². The summed E-state index contributed by atoms with van der Waals surface area (Å²) in [5.41, 5.74) is 5.51. The first-order valence-corrected chi connectivity index (χ1v) is 22.5. The van der Waals surface area contributed by atoms with Crippen LogP contribution in [0, 0.1) is 25.6 Å². The summed E-state index contributed by atoms with van der Waals surface area (Å²) in [4.78, 5) is 60.2. The number of hydrogen-bond donors (Lipinski definition) is 1. The highest BCUT2D eigenvalue weighted by Gasteiger charge is 2.59. The van der Waals surface area contributed by atoms with Crippen LogP contribution in [0.2, 0.25) is 0 Å². The molecule has 0 radical (unpaired) electrons. The van der Waals surface area contributed by atoms with Crippen LogP contribution in [0.15, 0.2) is 85.9 Å². The van der Waals surface area contributed by atoms with Crippen molar-refractivity contribution in [3.63, 3.8) is 0 Å². The molecule has 2 fully saturated rings. The van der Waals surface area contributed by atoms with Gasteiger partial charge in [0, 0.05) is 62.5 Å². The molecule has 1 saturated carbocycles. The minimum Gasteiger partial charge on any atom is -0.376 e. The minimum atomic E-state index is -0.842. The second kappa shape index (κ2) is 14.5. The standard InChI is InChI=1S/C49H51FN10O6/c1-26-19-34(20-27(2)41(26)50)60-42(58-17-16-57(47(58)64)33-10-12-37-38(23-33)55(8)46(63)54(37)7)40-29(4)56(15-13-35(40)52-60)43(61)39-22-32-21-30(31-14-18-65-48(5,6)25-31)9-11-36(32)59(39)49(24-28(49)3)44-51-45(62)66-53-44/h9-12,16-17,19-23,28-29,31H,13-15,18,24-25H2,1-8H3,(H,51,53,62)/t28-,29-,31?,49-/m0/s1. The summed E-state index contributed by atoms with van der Waals surface area (Å²) < 4.78 is 36.1. The van der Waals surface area contributed by atoms with Crippen LogP contribution in [-0.2, 0) is 30.8 Å². The average molecular weight is 895 g/mol. The molecule has 1 saturated heterocycles. The Bertz CT molecular complexity index is 3490. The molecule has 11 rings (SSSR count). The molecule has 340 valence electrons. The summed E-state index contributed by atoms with van der Waals surface area (Å²) in [5.74, 6) is -0.150. The smallest absolute Gasteiger partial charge is 0.376 e. The van der Waals surface area contributed by atoms with Crippen molar-refractivity contribution in [2.45, 2.75) is 90.3 Å². The Balaban J connectivity index is 1.06. The molecule has 66 heavy (non-hydrogen) atoms. The number of ether oxygens (including phenoxy) is 1. The van der Waals surface area contributed by atoms with E-state index in [4.69, 9.17) is 14.4 Å². The van der Waals surface area contributed by atoms with Gasteiger partial charge >= 0.3 is 17.1 Å². The highest BCUT2D eigenvalue weighted by Crippen LogP contribution is 2.56. The van der Waals surface area contributed by atoms with Crippen LogP contribution < -0.4 is 17.1 Å². The Kier molecular flexibility index (Phi) is 9.15. The van der Waals surface area contributed by atoms with Gasteiger partial charge in [0.15, 0.2) is 5.82 Å². The second-order valence-electron chi connectivity index (χ2n) is 19.3. The predicted octanol–water partition coefficient (Wildman–Crippen LogP) is 6.61. The molecule has 1 unspecified atom stereocenters. The number of benzene rings is 3. The summed E-state index contributed by atoms with van der Waals surface area (Å²) in [6, 6.07) is 16.6. The lowest BCUT2D eigenvalue weighted by Crippen LogP contribution is -2.41. The van der Waals surface area contributed by atoms with Crippen LogP contribution >= 0.6 is 0 Å². The number of imidazole rings is 2. The van der Waals surface area contributed by atoms with Crippen molar-refractivity contribution in [3.8, 4) is 17.2 Å². The first-order chi connectivity index (χ1) is 31.5. The average Bonchev–Trinajstić information content (AvgIpc) is 3.85. The van der Waals surface area contributed by atoms with Gasteiger partial charge < -0.3 is 14.2 Å². The maximum absolute atomic E-state index is 15.6. The molecule has 1 N–H and O–H groups in total. The molecule has 7 heterocycles. The van der Waals surface area contributed by atoms with E-state index in [9.17, 15) is 14.4 Å². The number of aromatic amines is 1. The van der Waals surface area contributed by atoms with E-state index in [1.807, 2.05) is 28.5 Å². The van der Waals surface area contributed by atoms with Gasteiger partial charge in [0.2, 0.25) is 0 Å². The largest absolute Gasteiger partial charge is 0.438 e. The number of aromatic nitrogens is 9.